The van der Waals surface area contributed by atoms with Crippen molar-refractivity contribution in [3.8, 4) is 0 Å². The Hall–Kier alpha value is -1.88. The van der Waals surface area contributed by atoms with Crippen LogP contribution in [0.4, 0.5) is 4.39 Å². The maximum atomic E-state index is 13.3. The number of aromatic amines is 1. The number of hydrogen-bond acceptors (Lipinski definition) is 2. The zero-order chi connectivity index (χ0) is 15.8. The molecule has 2 heterocycles. The highest BCUT2D eigenvalue weighted by atomic mass is 19.1. The van der Waals surface area contributed by atoms with Crippen molar-refractivity contribution in [1.29, 1.82) is 0 Å². The first-order chi connectivity index (χ1) is 11.2. The molecule has 1 aromatic heterocycles. The van der Waals surface area contributed by atoms with Gasteiger partial charge < -0.3 is 9.88 Å². The molecule has 2 aromatic rings. The van der Waals surface area contributed by atoms with E-state index in [1.165, 1.54) is 37.8 Å². The number of carbonyl (C=O) groups is 1. The summed E-state index contributed by atoms with van der Waals surface area (Å²) < 4.78 is 13.3. The summed E-state index contributed by atoms with van der Waals surface area (Å²) in [4.78, 5) is 20.2. The van der Waals surface area contributed by atoms with E-state index in [-0.39, 0.29) is 11.7 Å². The molecular weight excluding hydrogens is 293 g/mol. The monoisotopic (exact) mass is 315 g/mol. The van der Waals surface area contributed by atoms with Gasteiger partial charge in [0.05, 0.1) is 0 Å². The number of aromatic nitrogens is 1. The van der Waals surface area contributed by atoms with Crippen LogP contribution < -0.4 is 0 Å². The van der Waals surface area contributed by atoms with Crippen molar-refractivity contribution in [1.82, 2.24) is 14.8 Å². The molecular formula is C18H22FN3O. The van der Waals surface area contributed by atoms with E-state index in [9.17, 15) is 9.18 Å². The molecule has 1 aliphatic heterocycles. The van der Waals surface area contributed by atoms with Crippen LogP contribution in [0.3, 0.4) is 0 Å². The molecule has 0 atom stereocenters. The zero-order valence-corrected chi connectivity index (χ0v) is 13.2. The van der Waals surface area contributed by atoms with Crippen molar-refractivity contribution in [2.75, 3.05) is 26.2 Å². The summed E-state index contributed by atoms with van der Waals surface area (Å²) in [6, 6.07) is 7.03. The van der Waals surface area contributed by atoms with E-state index in [4.69, 9.17) is 0 Å². The van der Waals surface area contributed by atoms with Crippen LogP contribution in [0.15, 0.2) is 24.3 Å². The number of nitrogens with zero attached hydrogens (tertiary/aromatic N) is 2. The highest BCUT2D eigenvalue weighted by molar-refractivity contribution is 5.98. The lowest BCUT2D eigenvalue weighted by atomic mass is 10.1. The Morgan fingerprint density at radius 3 is 2.57 bits per heavy atom. The normalized spacial score (nSPS) is 20.5. The van der Waals surface area contributed by atoms with Crippen LogP contribution in [-0.4, -0.2) is 52.9 Å². The number of nitrogens with one attached hydrogen (secondary N) is 1. The fourth-order valence-corrected chi connectivity index (χ4v) is 3.95. The molecule has 5 heteroatoms. The molecule has 0 unspecified atom stereocenters. The minimum Gasteiger partial charge on any atom is -0.351 e. The van der Waals surface area contributed by atoms with Gasteiger partial charge in [-0.15, -0.1) is 0 Å². The molecule has 1 N–H and O–H groups in total. The predicted octanol–water partition coefficient (Wildman–Crippen LogP) is 3.01. The van der Waals surface area contributed by atoms with Gasteiger partial charge in [0.25, 0.3) is 5.91 Å². The van der Waals surface area contributed by atoms with Crippen LogP contribution in [0, 0.1) is 5.82 Å². The molecule has 0 radical (unpaired) electrons. The van der Waals surface area contributed by atoms with Crippen LogP contribution in [0.2, 0.25) is 0 Å². The minimum absolute atomic E-state index is 0.0210. The van der Waals surface area contributed by atoms with Crippen LogP contribution in [0.5, 0.6) is 0 Å². The number of halogens is 1. The average molecular weight is 315 g/mol. The fourth-order valence-electron chi connectivity index (χ4n) is 3.95. The Kier molecular flexibility index (Phi) is 3.81. The van der Waals surface area contributed by atoms with Gasteiger partial charge in [-0.1, -0.05) is 12.8 Å². The molecule has 2 aliphatic rings. The van der Waals surface area contributed by atoms with E-state index in [2.05, 4.69) is 9.88 Å². The minimum atomic E-state index is -0.277. The van der Waals surface area contributed by atoms with Gasteiger partial charge in [-0.3, -0.25) is 9.69 Å². The Labute approximate surface area is 135 Å². The Balaban J connectivity index is 1.44. The smallest absolute Gasteiger partial charge is 0.270 e. The first kappa shape index (κ1) is 14.7. The van der Waals surface area contributed by atoms with Crippen molar-refractivity contribution >= 4 is 16.8 Å². The summed E-state index contributed by atoms with van der Waals surface area (Å²) >= 11 is 0. The third kappa shape index (κ3) is 2.85. The van der Waals surface area contributed by atoms with Crippen molar-refractivity contribution in [3.63, 3.8) is 0 Å². The van der Waals surface area contributed by atoms with Gasteiger partial charge >= 0.3 is 0 Å². The molecule has 2 fully saturated rings. The van der Waals surface area contributed by atoms with Gasteiger partial charge in [0.2, 0.25) is 0 Å². The number of carbonyl (C=O) groups excluding carboxylic acids is 1. The van der Waals surface area contributed by atoms with Crippen LogP contribution in [-0.2, 0) is 0 Å². The van der Waals surface area contributed by atoms with Gasteiger partial charge in [0.15, 0.2) is 0 Å². The Morgan fingerprint density at radius 1 is 1.09 bits per heavy atom. The SMILES string of the molecule is O=C(c1cc2cc(F)ccc2[nH]1)N1CCN(C2CCCC2)CC1. The summed E-state index contributed by atoms with van der Waals surface area (Å²) in [7, 11) is 0. The molecule has 1 amide bonds. The van der Waals surface area contributed by atoms with Crippen LogP contribution in [0.1, 0.15) is 36.2 Å². The summed E-state index contributed by atoms with van der Waals surface area (Å²) in [5, 5.41) is 0.748. The van der Waals surface area contributed by atoms with E-state index in [0.29, 0.717) is 5.69 Å². The molecule has 4 nitrogen and oxygen atoms in total. The number of hydrogen-bond donors (Lipinski definition) is 1. The lowest BCUT2D eigenvalue weighted by Crippen LogP contribution is -2.51. The Morgan fingerprint density at radius 2 is 1.83 bits per heavy atom. The first-order valence-corrected chi connectivity index (χ1v) is 8.52. The molecule has 0 bridgehead atoms. The number of rotatable bonds is 2. The molecule has 1 saturated carbocycles. The van der Waals surface area contributed by atoms with Gasteiger partial charge in [-0.05, 0) is 37.1 Å². The number of piperazine rings is 1. The lowest BCUT2D eigenvalue weighted by Gasteiger charge is -2.37. The van der Waals surface area contributed by atoms with E-state index in [1.54, 1.807) is 12.1 Å². The van der Waals surface area contributed by atoms with Gasteiger partial charge in [-0.2, -0.15) is 0 Å². The predicted molar refractivity (Wildman–Crippen MR) is 88.0 cm³/mol. The number of fused-ring (bicyclic) bond motifs is 1. The van der Waals surface area contributed by atoms with Gasteiger partial charge in [0, 0.05) is 43.1 Å². The second-order valence-electron chi connectivity index (χ2n) is 6.68. The third-order valence-electron chi connectivity index (χ3n) is 5.26. The second-order valence-corrected chi connectivity index (χ2v) is 6.68. The van der Waals surface area contributed by atoms with Crippen molar-refractivity contribution < 1.29 is 9.18 Å². The summed E-state index contributed by atoms with van der Waals surface area (Å²) in [5.41, 5.74) is 1.36. The van der Waals surface area contributed by atoms with Crippen LogP contribution in [0.25, 0.3) is 10.9 Å². The highest BCUT2D eigenvalue weighted by Crippen LogP contribution is 2.25. The first-order valence-electron chi connectivity index (χ1n) is 8.52. The van der Waals surface area contributed by atoms with Crippen molar-refractivity contribution in [2.45, 2.75) is 31.7 Å². The van der Waals surface area contributed by atoms with E-state index in [1.807, 2.05) is 4.90 Å². The van der Waals surface area contributed by atoms with E-state index in [0.717, 1.165) is 43.1 Å². The molecule has 0 spiro atoms. The molecule has 1 saturated heterocycles. The van der Waals surface area contributed by atoms with Gasteiger partial charge in [-0.25, -0.2) is 4.39 Å². The van der Waals surface area contributed by atoms with Gasteiger partial charge in [0.1, 0.15) is 11.5 Å². The van der Waals surface area contributed by atoms with E-state index < -0.39 is 0 Å². The standard InChI is InChI=1S/C18H22FN3O/c19-14-5-6-16-13(11-14)12-17(20-16)18(23)22-9-7-21(8-10-22)15-3-1-2-4-15/h5-6,11-12,15,20H,1-4,7-10H2. The topological polar surface area (TPSA) is 39.3 Å². The molecule has 1 aromatic carbocycles. The average Bonchev–Trinajstić information content (AvgIpc) is 3.23. The summed E-state index contributed by atoms with van der Waals surface area (Å²) in [6.45, 7) is 3.48. The fraction of sp³-hybridized carbons (Fsp3) is 0.500. The zero-order valence-electron chi connectivity index (χ0n) is 13.2. The molecule has 1 aliphatic carbocycles. The van der Waals surface area contributed by atoms with E-state index >= 15 is 0 Å². The lowest BCUT2D eigenvalue weighted by molar-refractivity contribution is 0.0569. The Bertz CT molecular complexity index is 712. The maximum Gasteiger partial charge on any atom is 0.270 e. The number of benzene rings is 1. The number of H-pyrrole nitrogens is 1. The quantitative estimate of drug-likeness (QED) is 0.925. The van der Waals surface area contributed by atoms with Crippen molar-refractivity contribution in [2.24, 2.45) is 0 Å². The molecule has 4 rings (SSSR count). The third-order valence-corrected chi connectivity index (χ3v) is 5.26. The largest absolute Gasteiger partial charge is 0.351 e. The maximum absolute atomic E-state index is 13.3. The summed E-state index contributed by atoms with van der Waals surface area (Å²) in [6.07, 6.45) is 5.30. The highest BCUT2D eigenvalue weighted by Gasteiger charge is 2.28. The second kappa shape index (κ2) is 5.96. The van der Waals surface area contributed by atoms with Crippen molar-refractivity contribution in [3.05, 3.63) is 35.8 Å². The van der Waals surface area contributed by atoms with Crippen LogP contribution >= 0.6 is 0 Å². The molecule has 122 valence electrons. The summed E-state index contributed by atoms with van der Waals surface area (Å²) in [5.74, 6) is -0.256. The number of amides is 1. The molecule has 23 heavy (non-hydrogen) atoms.